The fraction of sp³-hybridized carbons (Fsp3) is 0.417. The molecule has 0 saturated carbocycles. The molecule has 80 valence electrons. The number of hydrogen-bond acceptors (Lipinski definition) is 3. The zero-order chi connectivity index (χ0) is 10.7. The molecule has 0 aliphatic carbocycles. The lowest BCUT2D eigenvalue weighted by molar-refractivity contribution is 0.0900. The molecule has 1 atom stereocenters. The number of rotatable bonds is 3. The minimum absolute atomic E-state index is 0.0251. The molecule has 1 saturated heterocycles. The van der Waals surface area contributed by atoms with E-state index in [-0.39, 0.29) is 11.7 Å². The Morgan fingerprint density at radius 3 is 3.07 bits per heavy atom. The number of methoxy groups -OCH3 is 1. The Morgan fingerprint density at radius 1 is 1.53 bits per heavy atom. The molecule has 1 aromatic rings. The van der Waals surface area contributed by atoms with E-state index in [2.05, 4.69) is 0 Å². The number of carbonyl (C=O) groups excluding carboxylic acids is 1. The van der Waals surface area contributed by atoms with E-state index in [4.69, 9.17) is 9.47 Å². The first-order chi connectivity index (χ1) is 7.31. The van der Waals surface area contributed by atoms with Gasteiger partial charge in [0.1, 0.15) is 5.75 Å². The van der Waals surface area contributed by atoms with Gasteiger partial charge in [-0.1, -0.05) is 12.1 Å². The molecule has 1 aromatic carbocycles. The number of hydrogen-bond donors (Lipinski definition) is 0. The molecule has 0 bridgehead atoms. The molecular weight excluding hydrogens is 192 g/mol. The lowest BCUT2D eigenvalue weighted by Crippen LogP contribution is -2.14. The number of benzene rings is 1. The van der Waals surface area contributed by atoms with Crippen LogP contribution in [-0.4, -0.2) is 26.1 Å². The number of carbonyl (C=O) groups is 1. The summed E-state index contributed by atoms with van der Waals surface area (Å²) in [4.78, 5) is 12.0. The van der Waals surface area contributed by atoms with Gasteiger partial charge in [-0.05, 0) is 18.6 Å². The van der Waals surface area contributed by atoms with Crippen molar-refractivity contribution in [2.24, 2.45) is 5.92 Å². The summed E-state index contributed by atoms with van der Waals surface area (Å²) in [5.74, 6) is 0.906. The summed E-state index contributed by atoms with van der Waals surface area (Å²) < 4.78 is 10.3. The highest BCUT2D eigenvalue weighted by atomic mass is 16.5. The summed E-state index contributed by atoms with van der Waals surface area (Å²) in [7, 11) is 1.60. The second-order valence-corrected chi connectivity index (χ2v) is 3.66. The summed E-state index contributed by atoms with van der Waals surface area (Å²) in [6.45, 7) is 1.25. The molecular formula is C12H14O3. The van der Waals surface area contributed by atoms with Crippen molar-refractivity contribution in [1.29, 1.82) is 0 Å². The SMILES string of the molecule is COc1cccc(C(=O)C2CCOC2)c1. The molecule has 1 fully saturated rings. The highest BCUT2D eigenvalue weighted by molar-refractivity contribution is 5.98. The van der Waals surface area contributed by atoms with Gasteiger partial charge in [0.25, 0.3) is 0 Å². The van der Waals surface area contributed by atoms with Gasteiger partial charge in [-0.15, -0.1) is 0 Å². The third kappa shape index (κ3) is 2.18. The van der Waals surface area contributed by atoms with Gasteiger partial charge in [-0.25, -0.2) is 0 Å². The van der Waals surface area contributed by atoms with Gasteiger partial charge in [-0.2, -0.15) is 0 Å². The summed E-state index contributed by atoms with van der Waals surface area (Å²) in [5, 5.41) is 0. The average Bonchev–Trinajstić information content (AvgIpc) is 2.81. The maximum absolute atomic E-state index is 12.0. The predicted molar refractivity (Wildman–Crippen MR) is 56.3 cm³/mol. The molecule has 2 rings (SSSR count). The maximum Gasteiger partial charge on any atom is 0.168 e. The minimum atomic E-state index is 0.0251. The Bertz CT molecular complexity index is 354. The average molecular weight is 206 g/mol. The minimum Gasteiger partial charge on any atom is -0.497 e. The van der Waals surface area contributed by atoms with Crippen LogP contribution >= 0.6 is 0 Å². The standard InChI is InChI=1S/C12H14O3/c1-14-11-4-2-3-9(7-11)12(13)10-5-6-15-8-10/h2-4,7,10H,5-6,8H2,1H3. The van der Waals surface area contributed by atoms with E-state index in [0.717, 1.165) is 12.2 Å². The Hall–Kier alpha value is -1.35. The van der Waals surface area contributed by atoms with Crippen molar-refractivity contribution < 1.29 is 14.3 Å². The number of ketones is 1. The van der Waals surface area contributed by atoms with Crippen LogP contribution in [0.1, 0.15) is 16.8 Å². The van der Waals surface area contributed by atoms with Crippen LogP contribution in [0.4, 0.5) is 0 Å². The molecule has 1 aliphatic rings. The van der Waals surface area contributed by atoms with Crippen LogP contribution in [0, 0.1) is 5.92 Å². The van der Waals surface area contributed by atoms with Crippen molar-refractivity contribution in [3.05, 3.63) is 29.8 Å². The highest BCUT2D eigenvalue weighted by Crippen LogP contribution is 2.21. The monoisotopic (exact) mass is 206 g/mol. The summed E-state index contributed by atoms with van der Waals surface area (Å²) in [6, 6.07) is 7.27. The van der Waals surface area contributed by atoms with Crippen molar-refractivity contribution in [1.82, 2.24) is 0 Å². The fourth-order valence-corrected chi connectivity index (χ4v) is 1.75. The van der Waals surface area contributed by atoms with Gasteiger partial charge in [0.15, 0.2) is 5.78 Å². The van der Waals surface area contributed by atoms with Crippen molar-refractivity contribution in [3.8, 4) is 5.75 Å². The number of Topliss-reactive ketones (excluding diaryl/α,β-unsaturated/α-hetero) is 1. The molecule has 1 aliphatic heterocycles. The van der Waals surface area contributed by atoms with E-state index in [0.29, 0.717) is 18.8 Å². The van der Waals surface area contributed by atoms with Gasteiger partial charge >= 0.3 is 0 Å². The van der Waals surface area contributed by atoms with Gasteiger partial charge in [0, 0.05) is 18.1 Å². The maximum atomic E-state index is 12.0. The Morgan fingerprint density at radius 2 is 2.40 bits per heavy atom. The Balaban J connectivity index is 2.17. The molecule has 0 N–H and O–H groups in total. The number of ether oxygens (including phenoxy) is 2. The lowest BCUT2D eigenvalue weighted by Gasteiger charge is -2.07. The summed E-state index contributed by atoms with van der Waals surface area (Å²) in [6.07, 6.45) is 0.829. The van der Waals surface area contributed by atoms with Crippen LogP contribution < -0.4 is 4.74 Å². The third-order valence-electron chi connectivity index (χ3n) is 2.65. The van der Waals surface area contributed by atoms with E-state index < -0.39 is 0 Å². The van der Waals surface area contributed by atoms with Gasteiger partial charge < -0.3 is 9.47 Å². The predicted octanol–water partition coefficient (Wildman–Crippen LogP) is 1.91. The molecule has 0 aromatic heterocycles. The van der Waals surface area contributed by atoms with Gasteiger partial charge in [0.2, 0.25) is 0 Å². The topological polar surface area (TPSA) is 35.5 Å². The van der Waals surface area contributed by atoms with Crippen LogP contribution in [0.3, 0.4) is 0 Å². The second-order valence-electron chi connectivity index (χ2n) is 3.66. The quantitative estimate of drug-likeness (QED) is 0.709. The lowest BCUT2D eigenvalue weighted by atomic mass is 9.97. The first-order valence-electron chi connectivity index (χ1n) is 5.07. The van der Waals surface area contributed by atoms with E-state index in [1.165, 1.54) is 0 Å². The van der Waals surface area contributed by atoms with Crippen molar-refractivity contribution in [2.45, 2.75) is 6.42 Å². The fourth-order valence-electron chi connectivity index (χ4n) is 1.75. The first-order valence-corrected chi connectivity index (χ1v) is 5.07. The van der Waals surface area contributed by atoms with Crippen LogP contribution in [0.2, 0.25) is 0 Å². The van der Waals surface area contributed by atoms with Crippen LogP contribution in [0.5, 0.6) is 5.75 Å². The third-order valence-corrected chi connectivity index (χ3v) is 2.65. The molecule has 3 heteroatoms. The largest absolute Gasteiger partial charge is 0.497 e. The Kier molecular flexibility index (Phi) is 3.02. The van der Waals surface area contributed by atoms with E-state index in [9.17, 15) is 4.79 Å². The zero-order valence-corrected chi connectivity index (χ0v) is 8.73. The molecule has 3 nitrogen and oxygen atoms in total. The van der Waals surface area contributed by atoms with Crippen LogP contribution in [0.15, 0.2) is 24.3 Å². The Labute approximate surface area is 89.0 Å². The van der Waals surface area contributed by atoms with E-state index >= 15 is 0 Å². The molecule has 15 heavy (non-hydrogen) atoms. The van der Waals surface area contributed by atoms with Crippen molar-refractivity contribution in [3.63, 3.8) is 0 Å². The van der Waals surface area contributed by atoms with E-state index in [1.807, 2.05) is 18.2 Å². The smallest absolute Gasteiger partial charge is 0.168 e. The van der Waals surface area contributed by atoms with Gasteiger partial charge in [0.05, 0.1) is 13.7 Å². The normalized spacial score (nSPS) is 20.2. The first kappa shape index (κ1) is 10.2. The van der Waals surface area contributed by atoms with Crippen LogP contribution in [-0.2, 0) is 4.74 Å². The molecule has 1 unspecified atom stereocenters. The highest BCUT2D eigenvalue weighted by Gasteiger charge is 2.24. The molecule has 0 spiro atoms. The van der Waals surface area contributed by atoms with Crippen molar-refractivity contribution in [2.75, 3.05) is 20.3 Å². The van der Waals surface area contributed by atoms with Crippen LogP contribution in [0.25, 0.3) is 0 Å². The van der Waals surface area contributed by atoms with Crippen molar-refractivity contribution >= 4 is 5.78 Å². The van der Waals surface area contributed by atoms with Gasteiger partial charge in [-0.3, -0.25) is 4.79 Å². The molecule has 0 amide bonds. The second kappa shape index (κ2) is 4.45. The summed E-state index contributed by atoms with van der Waals surface area (Å²) in [5.41, 5.74) is 0.713. The summed E-state index contributed by atoms with van der Waals surface area (Å²) >= 11 is 0. The van der Waals surface area contributed by atoms with E-state index in [1.54, 1.807) is 13.2 Å². The molecule has 0 radical (unpaired) electrons. The molecule has 1 heterocycles. The zero-order valence-electron chi connectivity index (χ0n) is 8.73.